The van der Waals surface area contributed by atoms with Crippen molar-refractivity contribution in [2.24, 2.45) is 5.92 Å². The molecule has 4 heteroatoms. The summed E-state index contributed by atoms with van der Waals surface area (Å²) in [5.41, 5.74) is 2.33. The maximum absolute atomic E-state index is 12.3. The van der Waals surface area contributed by atoms with Crippen LogP contribution in [0, 0.1) is 5.92 Å². The number of para-hydroxylation sites is 2. The summed E-state index contributed by atoms with van der Waals surface area (Å²) in [6.45, 7) is 4.04. The predicted molar refractivity (Wildman–Crippen MR) is 107 cm³/mol. The Labute approximate surface area is 157 Å². The summed E-state index contributed by atoms with van der Waals surface area (Å²) in [5.74, 6) is 1.68. The van der Waals surface area contributed by atoms with Crippen LogP contribution >= 0.6 is 0 Å². The summed E-state index contributed by atoms with van der Waals surface area (Å²) in [7, 11) is 0. The highest BCUT2D eigenvalue weighted by atomic mass is 16.1. The number of nitrogens with zero attached hydrogens (tertiary/aromatic N) is 2. The monoisotopic (exact) mass is 355 g/mol. The number of carbonyl (C=O) groups is 1. The molecule has 26 heavy (non-hydrogen) atoms. The Hall–Kier alpha value is -1.84. The van der Waals surface area contributed by atoms with E-state index in [0.717, 1.165) is 50.1 Å². The average molecular weight is 356 g/mol. The predicted octanol–water partition coefficient (Wildman–Crippen LogP) is 4.86. The van der Waals surface area contributed by atoms with Crippen molar-refractivity contribution >= 4 is 16.9 Å². The lowest BCUT2D eigenvalue weighted by Crippen LogP contribution is -2.32. The van der Waals surface area contributed by atoms with Crippen LogP contribution in [0.1, 0.15) is 70.5 Å². The molecule has 4 nitrogen and oxygen atoms in total. The first-order valence-electron chi connectivity index (χ1n) is 10.5. The van der Waals surface area contributed by atoms with Crippen molar-refractivity contribution < 1.29 is 4.79 Å². The van der Waals surface area contributed by atoms with E-state index >= 15 is 0 Å². The number of hydrogen-bond acceptors (Lipinski definition) is 2. The lowest BCUT2D eigenvalue weighted by Gasteiger charge is -2.20. The first-order valence-corrected chi connectivity index (χ1v) is 10.5. The number of imidazole rings is 1. The van der Waals surface area contributed by atoms with Crippen LogP contribution in [0.2, 0.25) is 0 Å². The van der Waals surface area contributed by atoms with E-state index < -0.39 is 0 Å². The van der Waals surface area contributed by atoms with Crippen molar-refractivity contribution in [2.75, 3.05) is 6.54 Å². The molecule has 0 radical (unpaired) electrons. The van der Waals surface area contributed by atoms with E-state index in [0.29, 0.717) is 0 Å². The number of carbonyl (C=O) groups excluding carboxylic acids is 1. The highest BCUT2D eigenvalue weighted by Crippen LogP contribution is 2.23. The molecule has 1 amide bonds. The molecule has 1 N–H and O–H groups in total. The average Bonchev–Trinajstić information content (AvgIpc) is 3.03. The number of aryl methyl sites for hydroxylation is 2. The van der Waals surface area contributed by atoms with Crippen molar-refractivity contribution in [2.45, 2.75) is 77.7 Å². The van der Waals surface area contributed by atoms with E-state index in [1.165, 1.54) is 44.0 Å². The number of hydrogen-bond donors (Lipinski definition) is 1. The minimum absolute atomic E-state index is 0.252. The Kier molecular flexibility index (Phi) is 7.10. The maximum Gasteiger partial charge on any atom is 0.223 e. The molecule has 1 aromatic heterocycles. The van der Waals surface area contributed by atoms with Crippen LogP contribution < -0.4 is 5.32 Å². The van der Waals surface area contributed by atoms with Gasteiger partial charge in [-0.05, 0) is 37.8 Å². The fraction of sp³-hybridized carbons (Fsp3) is 0.636. The Morgan fingerprint density at radius 3 is 2.77 bits per heavy atom. The van der Waals surface area contributed by atoms with E-state index in [9.17, 15) is 4.79 Å². The summed E-state index contributed by atoms with van der Waals surface area (Å²) in [5, 5.41) is 3.15. The summed E-state index contributed by atoms with van der Waals surface area (Å²) in [6.07, 6.45) is 11.4. The van der Waals surface area contributed by atoms with E-state index in [1.54, 1.807) is 0 Å². The second kappa shape index (κ2) is 9.75. The van der Waals surface area contributed by atoms with Gasteiger partial charge in [-0.25, -0.2) is 4.98 Å². The lowest BCUT2D eigenvalue weighted by molar-refractivity contribution is -0.125. The zero-order valence-corrected chi connectivity index (χ0v) is 16.2. The molecule has 1 heterocycles. The smallest absolute Gasteiger partial charge is 0.223 e. The molecule has 1 fully saturated rings. The molecule has 142 valence electrons. The molecular weight excluding hydrogens is 322 g/mol. The van der Waals surface area contributed by atoms with Crippen LogP contribution in [0.3, 0.4) is 0 Å². The van der Waals surface area contributed by atoms with Crippen LogP contribution in [-0.2, 0) is 17.8 Å². The van der Waals surface area contributed by atoms with Crippen LogP contribution in [0.15, 0.2) is 24.3 Å². The number of fused-ring (bicyclic) bond motifs is 1. The number of amides is 1. The molecule has 1 aliphatic carbocycles. The highest BCUT2D eigenvalue weighted by Gasteiger charge is 2.20. The lowest BCUT2D eigenvalue weighted by atomic mass is 9.89. The number of benzene rings is 1. The second-order valence-corrected chi connectivity index (χ2v) is 7.61. The first-order chi connectivity index (χ1) is 12.8. The Morgan fingerprint density at radius 1 is 1.15 bits per heavy atom. The van der Waals surface area contributed by atoms with E-state index in [-0.39, 0.29) is 11.8 Å². The van der Waals surface area contributed by atoms with Gasteiger partial charge in [-0.15, -0.1) is 0 Å². The van der Waals surface area contributed by atoms with Crippen molar-refractivity contribution in [3.63, 3.8) is 0 Å². The van der Waals surface area contributed by atoms with Gasteiger partial charge in [-0.1, -0.05) is 51.2 Å². The summed E-state index contributed by atoms with van der Waals surface area (Å²) in [6, 6.07) is 8.41. The van der Waals surface area contributed by atoms with Crippen molar-refractivity contribution in [3.8, 4) is 0 Å². The Bertz CT molecular complexity index is 700. The summed E-state index contributed by atoms with van der Waals surface area (Å²) >= 11 is 0. The second-order valence-electron chi connectivity index (χ2n) is 7.61. The van der Waals surface area contributed by atoms with Gasteiger partial charge in [0.25, 0.3) is 0 Å². The van der Waals surface area contributed by atoms with Gasteiger partial charge >= 0.3 is 0 Å². The Balaban J connectivity index is 1.54. The minimum atomic E-state index is 0.252. The van der Waals surface area contributed by atoms with Crippen LogP contribution in [0.4, 0.5) is 0 Å². The number of nitrogens with one attached hydrogen (secondary N) is 1. The van der Waals surface area contributed by atoms with Crippen molar-refractivity contribution in [1.82, 2.24) is 14.9 Å². The Morgan fingerprint density at radius 2 is 1.96 bits per heavy atom. The zero-order chi connectivity index (χ0) is 18.2. The van der Waals surface area contributed by atoms with Gasteiger partial charge < -0.3 is 9.88 Å². The van der Waals surface area contributed by atoms with E-state index in [1.807, 2.05) is 0 Å². The molecule has 2 aromatic rings. The third kappa shape index (κ3) is 4.87. The van der Waals surface area contributed by atoms with Crippen LogP contribution in [-0.4, -0.2) is 22.0 Å². The topological polar surface area (TPSA) is 46.9 Å². The van der Waals surface area contributed by atoms with Gasteiger partial charge in [0.1, 0.15) is 5.82 Å². The normalized spacial score (nSPS) is 15.4. The largest absolute Gasteiger partial charge is 0.356 e. The third-order valence-corrected chi connectivity index (χ3v) is 5.57. The van der Waals surface area contributed by atoms with E-state index in [2.05, 4.69) is 41.1 Å². The molecule has 0 aliphatic heterocycles. The molecule has 1 aromatic carbocycles. The molecule has 0 bridgehead atoms. The van der Waals surface area contributed by atoms with Gasteiger partial charge in [0.05, 0.1) is 11.0 Å². The number of rotatable bonds is 9. The minimum Gasteiger partial charge on any atom is -0.356 e. The van der Waals surface area contributed by atoms with Crippen molar-refractivity contribution in [3.05, 3.63) is 30.1 Å². The molecule has 3 rings (SSSR count). The fourth-order valence-corrected chi connectivity index (χ4v) is 4.05. The molecule has 0 unspecified atom stereocenters. The number of unbranched alkanes of at least 4 members (excludes halogenated alkanes) is 2. The highest BCUT2D eigenvalue weighted by molar-refractivity contribution is 5.78. The zero-order valence-electron chi connectivity index (χ0n) is 16.2. The summed E-state index contributed by atoms with van der Waals surface area (Å²) < 4.78 is 2.38. The maximum atomic E-state index is 12.3. The molecular formula is C22H33N3O. The molecule has 0 saturated heterocycles. The molecule has 0 spiro atoms. The third-order valence-electron chi connectivity index (χ3n) is 5.57. The van der Waals surface area contributed by atoms with Gasteiger partial charge in [-0.2, -0.15) is 0 Å². The van der Waals surface area contributed by atoms with Gasteiger partial charge in [0, 0.05) is 25.4 Å². The van der Waals surface area contributed by atoms with E-state index in [4.69, 9.17) is 4.98 Å². The molecule has 1 saturated carbocycles. The van der Waals surface area contributed by atoms with Crippen molar-refractivity contribution in [1.29, 1.82) is 0 Å². The van der Waals surface area contributed by atoms with Gasteiger partial charge in [0.15, 0.2) is 0 Å². The quantitative estimate of drug-likeness (QED) is 0.653. The molecule has 1 aliphatic rings. The fourth-order valence-electron chi connectivity index (χ4n) is 4.05. The standard InChI is InChI=1S/C22H33N3O/c1-2-3-9-17-25-20-14-8-7-13-19(20)24-21(25)15-10-16-23-22(26)18-11-5-4-6-12-18/h7-8,13-14,18H,2-6,9-12,15-17H2,1H3,(H,23,26). The summed E-state index contributed by atoms with van der Waals surface area (Å²) in [4.78, 5) is 17.1. The molecule has 0 atom stereocenters. The van der Waals surface area contributed by atoms with Crippen LogP contribution in [0.25, 0.3) is 11.0 Å². The van der Waals surface area contributed by atoms with Crippen LogP contribution in [0.5, 0.6) is 0 Å². The SMILES string of the molecule is CCCCCn1c(CCCNC(=O)C2CCCCC2)nc2ccccc21. The van der Waals surface area contributed by atoms with Gasteiger partial charge in [-0.3, -0.25) is 4.79 Å². The van der Waals surface area contributed by atoms with Gasteiger partial charge in [0.2, 0.25) is 5.91 Å². The first kappa shape index (κ1) is 18.9. The number of aromatic nitrogens is 2.